The van der Waals surface area contributed by atoms with Crippen molar-refractivity contribution in [2.45, 2.75) is 24.7 Å². The standard InChI is InChI=1S/C6H9NO3/c8-4-2-1-3(5(4)9)7-6(2)10/h2-5,8-9H,1H2,(H,7,10)/t2-,3-,4-,5+/m0/s1. The minimum absolute atomic E-state index is 0.122. The lowest BCUT2D eigenvalue weighted by molar-refractivity contribution is -0.131. The van der Waals surface area contributed by atoms with E-state index in [0.717, 1.165) is 0 Å². The molecule has 0 aromatic heterocycles. The summed E-state index contributed by atoms with van der Waals surface area (Å²) in [7, 11) is 0. The Kier molecular flexibility index (Phi) is 1.04. The van der Waals surface area contributed by atoms with Crippen molar-refractivity contribution in [3.8, 4) is 0 Å². The first-order valence-corrected chi connectivity index (χ1v) is 3.36. The van der Waals surface area contributed by atoms with Gasteiger partial charge in [-0.1, -0.05) is 0 Å². The molecule has 0 radical (unpaired) electrons. The number of hydrogen-bond donors (Lipinski definition) is 3. The lowest BCUT2D eigenvalue weighted by atomic mass is 10.1. The van der Waals surface area contributed by atoms with Crippen LogP contribution in [-0.4, -0.2) is 34.4 Å². The zero-order valence-corrected chi connectivity index (χ0v) is 5.32. The Hall–Kier alpha value is -0.610. The van der Waals surface area contributed by atoms with Gasteiger partial charge >= 0.3 is 0 Å². The molecule has 4 nitrogen and oxygen atoms in total. The van der Waals surface area contributed by atoms with E-state index in [4.69, 9.17) is 10.2 Å². The van der Waals surface area contributed by atoms with Gasteiger partial charge in [-0.15, -0.1) is 0 Å². The number of amides is 1. The number of fused-ring (bicyclic) bond motifs is 2. The van der Waals surface area contributed by atoms with Crippen LogP contribution in [-0.2, 0) is 4.79 Å². The van der Waals surface area contributed by atoms with E-state index >= 15 is 0 Å². The molecule has 3 N–H and O–H groups in total. The van der Waals surface area contributed by atoms with E-state index < -0.39 is 12.2 Å². The summed E-state index contributed by atoms with van der Waals surface area (Å²) in [5, 5.41) is 20.9. The lowest BCUT2D eigenvalue weighted by Crippen LogP contribution is -2.48. The van der Waals surface area contributed by atoms with Gasteiger partial charge in [0.05, 0.1) is 18.1 Å². The second-order valence-electron chi connectivity index (χ2n) is 2.94. The molecule has 2 bridgehead atoms. The summed E-state index contributed by atoms with van der Waals surface area (Å²) in [6.07, 6.45) is -0.998. The Labute approximate surface area is 57.9 Å². The minimum atomic E-state index is -0.834. The predicted octanol–water partition coefficient (Wildman–Crippen LogP) is -1.77. The van der Waals surface area contributed by atoms with Crippen LogP contribution in [0.25, 0.3) is 0 Å². The molecule has 0 aromatic rings. The van der Waals surface area contributed by atoms with Gasteiger partial charge in [-0.3, -0.25) is 4.79 Å². The second kappa shape index (κ2) is 1.71. The van der Waals surface area contributed by atoms with Crippen LogP contribution in [0.5, 0.6) is 0 Å². The maximum Gasteiger partial charge on any atom is 0.226 e. The van der Waals surface area contributed by atoms with E-state index in [1.807, 2.05) is 0 Å². The number of carbonyl (C=O) groups excluding carboxylic acids is 1. The van der Waals surface area contributed by atoms with E-state index in [0.29, 0.717) is 6.42 Å². The molecule has 1 amide bonds. The molecule has 0 aromatic carbocycles. The van der Waals surface area contributed by atoms with Crippen molar-refractivity contribution >= 4 is 5.91 Å². The molecule has 1 aliphatic carbocycles. The fourth-order valence-electron chi connectivity index (χ4n) is 1.72. The highest BCUT2D eigenvalue weighted by molar-refractivity contribution is 5.83. The lowest BCUT2D eigenvalue weighted by Gasteiger charge is -2.22. The minimum Gasteiger partial charge on any atom is -0.390 e. The molecule has 1 saturated carbocycles. The second-order valence-corrected chi connectivity index (χ2v) is 2.94. The summed E-state index contributed by atoms with van der Waals surface area (Å²) in [6, 6.07) is -0.201. The molecule has 1 saturated heterocycles. The first kappa shape index (κ1) is 6.12. The normalized spacial score (nSPS) is 51.6. The van der Waals surface area contributed by atoms with Gasteiger partial charge in [0, 0.05) is 0 Å². The number of hydrogen-bond acceptors (Lipinski definition) is 3. The summed E-state index contributed by atoms with van der Waals surface area (Å²) in [5.41, 5.74) is 0. The maximum atomic E-state index is 10.8. The highest BCUT2D eigenvalue weighted by Crippen LogP contribution is 2.32. The Morgan fingerprint density at radius 2 is 2.10 bits per heavy atom. The fourth-order valence-corrected chi connectivity index (χ4v) is 1.72. The molecular weight excluding hydrogens is 134 g/mol. The van der Waals surface area contributed by atoms with E-state index in [-0.39, 0.29) is 17.9 Å². The number of rotatable bonds is 0. The fraction of sp³-hybridized carbons (Fsp3) is 0.833. The van der Waals surface area contributed by atoms with Crippen LogP contribution in [0.1, 0.15) is 6.42 Å². The summed E-state index contributed by atoms with van der Waals surface area (Å²) >= 11 is 0. The van der Waals surface area contributed by atoms with Crippen molar-refractivity contribution in [2.75, 3.05) is 0 Å². The van der Waals surface area contributed by atoms with E-state index in [2.05, 4.69) is 5.32 Å². The van der Waals surface area contributed by atoms with Crippen molar-refractivity contribution in [1.82, 2.24) is 5.32 Å². The van der Waals surface area contributed by atoms with Crippen LogP contribution in [0.2, 0.25) is 0 Å². The quantitative estimate of drug-likeness (QED) is 0.375. The Bertz CT molecular complexity index is 180. The topological polar surface area (TPSA) is 69.6 Å². The smallest absolute Gasteiger partial charge is 0.226 e. The molecule has 10 heavy (non-hydrogen) atoms. The van der Waals surface area contributed by atoms with Gasteiger partial charge in [-0.05, 0) is 6.42 Å². The van der Waals surface area contributed by atoms with Crippen molar-refractivity contribution < 1.29 is 15.0 Å². The molecule has 1 aliphatic heterocycles. The third kappa shape index (κ3) is 0.552. The SMILES string of the molecule is O=C1N[C@H]2C[C@H]1[C@H](O)[C@@H]2O. The van der Waals surface area contributed by atoms with E-state index in [1.165, 1.54) is 0 Å². The van der Waals surface area contributed by atoms with Crippen LogP contribution >= 0.6 is 0 Å². The maximum absolute atomic E-state index is 10.8. The Morgan fingerprint density at radius 3 is 2.50 bits per heavy atom. The Morgan fingerprint density at radius 1 is 1.40 bits per heavy atom. The number of piperidine rings is 1. The highest BCUT2D eigenvalue weighted by Gasteiger charge is 2.51. The highest BCUT2D eigenvalue weighted by atomic mass is 16.3. The number of aliphatic hydroxyl groups excluding tert-OH is 2. The molecule has 2 rings (SSSR count). The Balaban J connectivity index is 2.24. The zero-order valence-electron chi connectivity index (χ0n) is 5.32. The van der Waals surface area contributed by atoms with Crippen molar-refractivity contribution in [2.24, 2.45) is 5.92 Å². The van der Waals surface area contributed by atoms with Gasteiger partial charge in [0.15, 0.2) is 0 Å². The number of nitrogens with one attached hydrogen (secondary N) is 1. The predicted molar refractivity (Wildman–Crippen MR) is 32.1 cm³/mol. The molecule has 4 atom stereocenters. The number of carbonyl (C=O) groups is 1. The monoisotopic (exact) mass is 143 g/mol. The summed E-state index contributed by atoms with van der Waals surface area (Å²) < 4.78 is 0. The van der Waals surface area contributed by atoms with Crippen LogP contribution in [0, 0.1) is 5.92 Å². The summed E-state index contributed by atoms with van der Waals surface area (Å²) in [6.45, 7) is 0. The third-order valence-corrected chi connectivity index (χ3v) is 2.35. The van der Waals surface area contributed by atoms with Gasteiger partial charge in [0.2, 0.25) is 5.91 Å². The van der Waals surface area contributed by atoms with Gasteiger partial charge < -0.3 is 15.5 Å². The molecule has 1 heterocycles. The number of aliphatic hydroxyl groups is 2. The molecule has 0 spiro atoms. The molecular formula is C6H9NO3. The van der Waals surface area contributed by atoms with Crippen molar-refractivity contribution in [3.63, 3.8) is 0 Å². The zero-order chi connectivity index (χ0) is 7.30. The van der Waals surface area contributed by atoms with Crippen LogP contribution < -0.4 is 5.32 Å². The van der Waals surface area contributed by atoms with Gasteiger partial charge in [-0.2, -0.15) is 0 Å². The summed E-state index contributed by atoms with van der Waals surface area (Å²) in [4.78, 5) is 10.8. The molecule has 0 unspecified atom stereocenters. The third-order valence-electron chi connectivity index (χ3n) is 2.35. The van der Waals surface area contributed by atoms with E-state index in [9.17, 15) is 4.79 Å². The van der Waals surface area contributed by atoms with Gasteiger partial charge in [0.1, 0.15) is 6.10 Å². The molecule has 2 fully saturated rings. The molecule has 56 valence electrons. The average Bonchev–Trinajstić information content (AvgIpc) is 2.36. The first-order chi connectivity index (χ1) is 4.70. The summed E-state index contributed by atoms with van der Waals surface area (Å²) in [5.74, 6) is -0.484. The largest absolute Gasteiger partial charge is 0.390 e. The molecule has 2 aliphatic rings. The van der Waals surface area contributed by atoms with Crippen LogP contribution in [0.3, 0.4) is 0 Å². The van der Waals surface area contributed by atoms with Crippen molar-refractivity contribution in [1.29, 1.82) is 0 Å². The van der Waals surface area contributed by atoms with Crippen LogP contribution in [0.4, 0.5) is 0 Å². The van der Waals surface area contributed by atoms with Crippen molar-refractivity contribution in [3.05, 3.63) is 0 Å². The first-order valence-electron chi connectivity index (χ1n) is 3.36. The molecule has 4 heteroatoms. The average molecular weight is 143 g/mol. The van der Waals surface area contributed by atoms with Gasteiger partial charge in [0.25, 0.3) is 0 Å². The van der Waals surface area contributed by atoms with E-state index in [1.54, 1.807) is 0 Å². The van der Waals surface area contributed by atoms with Gasteiger partial charge in [-0.25, -0.2) is 0 Å². The van der Waals surface area contributed by atoms with Crippen LogP contribution in [0.15, 0.2) is 0 Å².